The highest BCUT2D eigenvalue weighted by Crippen LogP contribution is 2.19. The largest absolute Gasteiger partial charge is 0.480 e. The van der Waals surface area contributed by atoms with E-state index < -0.39 is 12.1 Å². The van der Waals surface area contributed by atoms with Crippen LogP contribution in [0.5, 0.6) is 0 Å². The predicted octanol–water partition coefficient (Wildman–Crippen LogP) is 2.52. The lowest BCUT2D eigenvalue weighted by molar-refractivity contribution is -0.141. The van der Waals surface area contributed by atoms with Gasteiger partial charge in [-0.05, 0) is 19.3 Å². The summed E-state index contributed by atoms with van der Waals surface area (Å²) in [5.74, 6) is -0.889. The first-order valence-electron chi connectivity index (χ1n) is 9.15. The quantitative estimate of drug-likeness (QED) is 0.416. The highest BCUT2D eigenvalue weighted by atomic mass is 16.5. The molecule has 1 saturated heterocycles. The molecule has 1 rings (SSSR count). The van der Waals surface area contributed by atoms with E-state index in [1.807, 2.05) is 18.2 Å². The number of piperidine rings is 1. The van der Waals surface area contributed by atoms with E-state index in [-0.39, 0.29) is 25.2 Å². The zero-order valence-electron chi connectivity index (χ0n) is 15.1. The Morgan fingerprint density at radius 1 is 1.40 bits per heavy atom. The molecule has 0 bridgehead atoms. The monoisotopic (exact) mass is 353 g/mol. The molecule has 1 fully saturated rings. The van der Waals surface area contributed by atoms with Gasteiger partial charge in [-0.2, -0.15) is 0 Å². The van der Waals surface area contributed by atoms with Crippen molar-refractivity contribution in [3.8, 4) is 0 Å². The number of aliphatic carboxylic acids is 1. The van der Waals surface area contributed by atoms with Gasteiger partial charge in [0.1, 0.15) is 6.61 Å². The molecule has 0 aromatic rings. The molecule has 2 atom stereocenters. The van der Waals surface area contributed by atoms with Crippen LogP contribution in [0.4, 0.5) is 0 Å². The van der Waals surface area contributed by atoms with Crippen molar-refractivity contribution < 1.29 is 24.5 Å². The maximum absolute atomic E-state index is 12.2. The Balaban J connectivity index is 2.45. The standard InChI is InChI=1S/C19H31NO5/c1-2-3-4-9-17(21)12-11-16-8-7-10-18(22)20(16)13-5-6-14-25-15-19(23)24/h5-6,11-12,16-17,21H,2-4,7-10,13-15H2,1H3,(H,23,24)/t16-,17?/m1/s1. The van der Waals surface area contributed by atoms with Gasteiger partial charge in [-0.1, -0.05) is 50.5 Å². The molecule has 6 heteroatoms. The summed E-state index contributed by atoms with van der Waals surface area (Å²) in [7, 11) is 0. The molecular formula is C19H31NO5. The number of carboxylic acid groups (broad SMARTS) is 1. The molecule has 142 valence electrons. The Morgan fingerprint density at radius 3 is 2.92 bits per heavy atom. The van der Waals surface area contributed by atoms with Gasteiger partial charge in [-0.3, -0.25) is 4.79 Å². The zero-order chi connectivity index (χ0) is 18.5. The first-order chi connectivity index (χ1) is 12.0. The summed E-state index contributed by atoms with van der Waals surface area (Å²) in [6.07, 6.45) is 13.2. The van der Waals surface area contributed by atoms with Gasteiger partial charge in [0.2, 0.25) is 5.91 Å². The number of carboxylic acids is 1. The van der Waals surface area contributed by atoms with Crippen LogP contribution < -0.4 is 0 Å². The van der Waals surface area contributed by atoms with E-state index in [9.17, 15) is 14.7 Å². The van der Waals surface area contributed by atoms with Crippen LogP contribution in [0.2, 0.25) is 0 Å². The van der Waals surface area contributed by atoms with Gasteiger partial charge in [-0.25, -0.2) is 4.79 Å². The molecule has 0 aromatic carbocycles. The van der Waals surface area contributed by atoms with Crippen molar-refractivity contribution in [2.24, 2.45) is 0 Å². The molecule has 0 radical (unpaired) electrons. The van der Waals surface area contributed by atoms with Gasteiger partial charge in [0, 0.05) is 13.0 Å². The summed E-state index contributed by atoms with van der Waals surface area (Å²) in [6.45, 7) is 2.49. The first-order valence-corrected chi connectivity index (χ1v) is 9.15. The van der Waals surface area contributed by atoms with E-state index in [0.29, 0.717) is 13.0 Å². The molecule has 0 spiro atoms. The van der Waals surface area contributed by atoms with Crippen LogP contribution in [0.3, 0.4) is 0 Å². The molecule has 25 heavy (non-hydrogen) atoms. The second-order valence-corrected chi connectivity index (χ2v) is 6.33. The van der Waals surface area contributed by atoms with Crippen molar-refractivity contribution in [1.82, 2.24) is 4.90 Å². The van der Waals surface area contributed by atoms with Gasteiger partial charge >= 0.3 is 5.97 Å². The van der Waals surface area contributed by atoms with Gasteiger partial charge in [0.05, 0.1) is 18.8 Å². The van der Waals surface area contributed by atoms with Crippen molar-refractivity contribution in [3.63, 3.8) is 0 Å². The third-order valence-corrected chi connectivity index (χ3v) is 4.18. The minimum absolute atomic E-state index is 0.00617. The van der Waals surface area contributed by atoms with Crippen molar-refractivity contribution in [3.05, 3.63) is 24.3 Å². The molecular weight excluding hydrogens is 322 g/mol. The fourth-order valence-electron chi connectivity index (χ4n) is 2.81. The van der Waals surface area contributed by atoms with Crippen LogP contribution in [0.15, 0.2) is 24.3 Å². The smallest absolute Gasteiger partial charge is 0.329 e. The number of hydrogen-bond donors (Lipinski definition) is 2. The summed E-state index contributed by atoms with van der Waals surface area (Å²) >= 11 is 0. The van der Waals surface area contributed by atoms with Gasteiger partial charge in [-0.15, -0.1) is 0 Å². The van der Waals surface area contributed by atoms with Crippen LogP contribution in [0.25, 0.3) is 0 Å². The second kappa shape index (κ2) is 12.7. The number of carbonyl (C=O) groups is 2. The minimum atomic E-state index is -0.998. The third kappa shape index (κ3) is 9.41. The molecule has 1 aliphatic heterocycles. The van der Waals surface area contributed by atoms with E-state index >= 15 is 0 Å². The molecule has 0 aliphatic carbocycles. The van der Waals surface area contributed by atoms with E-state index in [2.05, 4.69) is 6.92 Å². The molecule has 0 saturated carbocycles. The number of aliphatic hydroxyl groups excluding tert-OH is 1. The van der Waals surface area contributed by atoms with Crippen molar-refractivity contribution in [1.29, 1.82) is 0 Å². The van der Waals surface area contributed by atoms with Crippen molar-refractivity contribution in [2.45, 2.75) is 64.0 Å². The average molecular weight is 353 g/mol. The highest BCUT2D eigenvalue weighted by molar-refractivity contribution is 5.77. The second-order valence-electron chi connectivity index (χ2n) is 6.33. The van der Waals surface area contributed by atoms with E-state index in [1.165, 1.54) is 0 Å². The molecule has 1 amide bonds. The molecule has 1 unspecified atom stereocenters. The average Bonchev–Trinajstić information content (AvgIpc) is 2.57. The van der Waals surface area contributed by atoms with Crippen LogP contribution in [-0.4, -0.2) is 58.9 Å². The lowest BCUT2D eigenvalue weighted by atomic mass is 10.00. The van der Waals surface area contributed by atoms with Crippen molar-refractivity contribution >= 4 is 11.9 Å². The Morgan fingerprint density at radius 2 is 2.20 bits per heavy atom. The molecule has 1 aliphatic rings. The van der Waals surface area contributed by atoms with E-state index in [1.54, 1.807) is 11.0 Å². The number of unbranched alkanes of at least 4 members (excludes halogenated alkanes) is 2. The Labute approximate surface area is 150 Å². The lowest BCUT2D eigenvalue weighted by Gasteiger charge is -2.33. The molecule has 0 aromatic heterocycles. The molecule has 2 N–H and O–H groups in total. The molecule has 6 nitrogen and oxygen atoms in total. The van der Waals surface area contributed by atoms with Gasteiger partial charge < -0.3 is 19.8 Å². The maximum Gasteiger partial charge on any atom is 0.329 e. The zero-order valence-corrected chi connectivity index (χ0v) is 15.1. The summed E-state index contributed by atoms with van der Waals surface area (Å²) in [6, 6.07) is 0.00617. The van der Waals surface area contributed by atoms with E-state index in [4.69, 9.17) is 9.84 Å². The number of aliphatic hydroxyl groups is 1. The molecule has 1 heterocycles. The third-order valence-electron chi connectivity index (χ3n) is 4.18. The number of nitrogens with zero attached hydrogens (tertiary/aromatic N) is 1. The van der Waals surface area contributed by atoms with E-state index in [0.717, 1.165) is 38.5 Å². The summed E-state index contributed by atoms with van der Waals surface area (Å²) in [4.78, 5) is 24.3. The van der Waals surface area contributed by atoms with Crippen LogP contribution in [0, 0.1) is 0 Å². The van der Waals surface area contributed by atoms with Crippen LogP contribution in [0.1, 0.15) is 51.9 Å². The normalized spacial score (nSPS) is 19.8. The Hall–Kier alpha value is -1.66. The fraction of sp³-hybridized carbons (Fsp3) is 0.684. The summed E-state index contributed by atoms with van der Waals surface area (Å²) in [5.41, 5.74) is 0. The fourth-order valence-corrected chi connectivity index (χ4v) is 2.81. The van der Waals surface area contributed by atoms with Crippen LogP contribution >= 0.6 is 0 Å². The maximum atomic E-state index is 12.2. The number of ether oxygens (including phenoxy) is 1. The van der Waals surface area contributed by atoms with Crippen molar-refractivity contribution in [2.75, 3.05) is 19.8 Å². The highest BCUT2D eigenvalue weighted by Gasteiger charge is 2.25. The number of amides is 1. The predicted molar refractivity (Wildman–Crippen MR) is 96.2 cm³/mol. The number of likely N-dealkylation sites (tertiary alicyclic amines) is 1. The summed E-state index contributed by atoms with van der Waals surface area (Å²) < 4.78 is 4.93. The Bertz CT molecular complexity index is 461. The van der Waals surface area contributed by atoms with Crippen LogP contribution in [-0.2, 0) is 14.3 Å². The first kappa shape index (κ1) is 21.4. The topological polar surface area (TPSA) is 87.1 Å². The number of rotatable bonds is 12. The number of carbonyl (C=O) groups excluding carboxylic acids is 1. The Kier molecular flexibility index (Phi) is 10.8. The SMILES string of the molecule is CCCCCC(O)C=C[C@H]1CCCC(=O)N1CC=CCOCC(=O)O. The summed E-state index contributed by atoms with van der Waals surface area (Å²) in [5, 5.41) is 18.5. The van der Waals surface area contributed by atoms with Gasteiger partial charge in [0.15, 0.2) is 0 Å². The van der Waals surface area contributed by atoms with Gasteiger partial charge in [0.25, 0.3) is 0 Å². The minimum Gasteiger partial charge on any atom is -0.480 e. The lowest BCUT2D eigenvalue weighted by Crippen LogP contribution is -2.42. The number of hydrogen-bond acceptors (Lipinski definition) is 4.